The van der Waals surface area contributed by atoms with Crippen LogP contribution in [-0.2, 0) is 22.5 Å². The predicted octanol–water partition coefficient (Wildman–Crippen LogP) is 2.65. The van der Waals surface area contributed by atoms with Gasteiger partial charge in [-0.15, -0.1) is 0 Å². The van der Waals surface area contributed by atoms with Crippen LogP contribution >= 0.6 is 0 Å². The molecule has 0 bridgehead atoms. The summed E-state index contributed by atoms with van der Waals surface area (Å²) >= 11 is 0. The van der Waals surface area contributed by atoms with Crippen LogP contribution < -0.4 is 9.47 Å². The van der Waals surface area contributed by atoms with Gasteiger partial charge >= 0.3 is 0 Å². The molecule has 0 spiro atoms. The molecular weight excluding hydrogens is 272 g/mol. The lowest BCUT2D eigenvalue weighted by Gasteiger charge is -2.17. The number of ether oxygens (including phenoxy) is 4. The van der Waals surface area contributed by atoms with Crippen molar-refractivity contribution in [3.05, 3.63) is 34.9 Å². The Morgan fingerprint density at radius 1 is 1.10 bits per heavy atom. The molecule has 0 aliphatic carbocycles. The van der Waals surface area contributed by atoms with Crippen LogP contribution in [0.4, 0.5) is 0 Å². The van der Waals surface area contributed by atoms with Gasteiger partial charge in [-0.05, 0) is 31.9 Å². The topological polar surface area (TPSA) is 57.2 Å². The third-order valence-corrected chi connectivity index (χ3v) is 2.86. The Labute approximate surface area is 126 Å². The van der Waals surface area contributed by atoms with E-state index in [4.69, 9.17) is 18.9 Å². The SMILES string of the molecule is COCOc1ccc(CO)c(CC=C(C)C)c1OCOC. The zero-order valence-corrected chi connectivity index (χ0v) is 13.1. The van der Waals surface area contributed by atoms with Crippen molar-refractivity contribution in [1.82, 2.24) is 0 Å². The van der Waals surface area contributed by atoms with E-state index in [9.17, 15) is 5.11 Å². The van der Waals surface area contributed by atoms with Gasteiger partial charge in [-0.1, -0.05) is 17.7 Å². The second-order valence-corrected chi connectivity index (χ2v) is 4.78. The quantitative estimate of drug-likeness (QED) is 0.561. The van der Waals surface area contributed by atoms with Crippen molar-refractivity contribution in [3.8, 4) is 11.5 Å². The molecule has 1 aromatic carbocycles. The third kappa shape index (κ3) is 5.38. The molecule has 0 unspecified atom stereocenters. The van der Waals surface area contributed by atoms with Gasteiger partial charge in [0.1, 0.15) is 0 Å². The fraction of sp³-hybridized carbons (Fsp3) is 0.500. The normalized spacial score (nSPS) is 10.3. The second kappa shape index (κ2) is 9.39. The van der Waals surface area contributed by atoms with Crippen molar-refractivity contribution in [2.75, 3.05) is 27.8 Å². The van der Waals surface area contributed by atoms with Gasteiger partial charge in [0.2, 0.25) is 0 Å². The summed E-state index contributed by atoms with van der Waals surface area (Å²) in [5.74, 6) is 1.15. The summed E-state index contributed by atoms with van der Waals surface area (Å²) in [6, 6.07) is 3.60. The van der Waals surface area contributed by atoms with Crippen LogP contribution in [0, 0.1) is 0 Å². The first-order chi connectivity index (χ1) is 10.1. The lowest BCUT2D eigenvalue weighted by molar-refractivity contribution is 0.0316. The number of hydrogen-bond donors (Lipinski definition) is 1. The van der Waals surface area contributed by atoms with Crippen molar-refractivity contribution in [2.24, 2.45) is 0 Å². The summed E-state index contributed by atoms with van der Waals surface area (Å²) in [6.07, 6.45) is 2.73. The fourth-order valence-electron chi connectivity index (χ4n) is 1.84. The Bertz CT molecular complexity index is 464. The highest BCUT2D eigenvalue weighted by Crippen LogP contribution is 2.35. The van der Waals surface area contributed by atoms with Crippen LogP contribution in [0.3, 0.4) is 0 Å². The summed E-state index contributed by atoms with van der Waals surface area (Å²) in [7, 11) is 3.11. The maximum absolute atomic E-state index is 9.53. The number of aliphatic hydroxyl groups is 1. The number of allylic oxidation sites excluding steroid dienone is 2. The molecule has 1 rings (SSSR count). The predicted molar refractivity (Wildman–Crippen MR) is 80.5 cm³/mol. The van der Waals surface area contributed by atoms with E-state index >= 15 is 0 Å². The van der Waals surface area contributed by atoms with Crippen LogP contribution in [0.25, 0.3) is 0 Å². The standard InChI is InChI=1S/C16H24O5/c1-12(2)5-7-14-13(9-17)6-8-15(20-10-18-3)16(14)21-11-19-4/h5-6,8,17H,7,9-11H2,1-4H3. The van der Waals surface area contributed by atoms with Gasteiger partial charge in [0.05, 0.1) is 6.61 Å². The van der Waals surface area contributed by atoms with E-state index in [0.717, 1.165) is 11.1 Å². The molecule has 0 radical (unpaired) electrons. The first-order valence-corrected chi connectivity index (χ1v) is 6.76. The number of hydrogen-bond acceptors (Lipinski definition) is 5. The highest BCUT2D eigenvalue weighted by atomic mass is 16.7. The van der Waals surface area contributed by atoms with Crippen LogP contribution in [0.2, 0.25) is 0 Å². The molecule has 1 aromatic rings. The lowest BCUT2D eigenvalue weighted by atomic mass is 10.0. The van der Waals surface area contributed by atoms with Crippen LogP contribution in [-0.4, -0.2) is 32.9 Å². The minimum absolute atomic E-state index is 0.0557. The van der Waals surface area contributed by atoms with E-state index in [1.807, 2.05) is 19.9 Å². The number of benzene rings is 1. The first-order valence-electron chi connectivity index (χ1n) is 6.76. The number of rotatable bonds is 9. The van der Waals surface area contributed by atoms with Crippen LogP contribution in [0.1, 0.15) is 25.0 Å². The van der Waals surface area contributed by atoms with Crippen molar-refractivity contribution in [3.63, 3.8) is 0 Å². The maximum atomic E-state index is 9.53. The molecular formula is C16H24O5. The monoisotopic (exact) mass is 296 g/mol. The average Bonchev–Trinajstić information content (AvgIpc) is 2.48. The van der Waals surface area contributed by atoms with E-state index in [2.05, 4.69) is 6.08 Å². The molecule has 1 N–H and O–H groups in total. The van der Waals surface area contributed by atoms with E-state index < -0.39 is 0 Å². The van der Waals surface area contributed by atoms with Gasteiger partial charge in [-0.25, -0.2) is 0 Å². The molecule has 0 saturated heterocycles. The smallest absolute Gasteiger partial charge is 0.188 e. The summed E-state index contributed by atoms with van der Waals surface area (Å²) in [5, 5.41) is 9.53. The Kier molecular flexibility index (Phi) is 7.82. The third-order valence-electron chi connectivity index (χ3n) is 2.86. The van der Waals surface area contributed by atoms with Crippen molar-refractivity contribution in [1.29, 1.82) is 0 Å². The Hall–Kier alpha value is -1.56. The molecule has 0 fully saturated rings. The summed E-state index contributed by atoms with van der Waals surface area (Å²) in [4.78, 5) is 0. The zero-order valence-electron chi connectivity index (χ0n) is 13.1. The first kappa shape index (κ1) is 17.5. The maximum Gasteiger partial charge on any atom is 0.188 e. The van der Waals surface area contributed by atoms with Crippen LogP contribution in [0.15, 0.2) is 23.8 Å². The molecule has 5 nitrogen and oxygen atoms in total. The highest BCUT2D eigenvalue weighted by molar-refractivity contribution is 5.51. The molecule has 0 aliphatic heterocycles. The minimum Gasteiger partial charge on any atom is -0.464 e. The van der Waals surface area contributed by atoms with Gasteiger partial charge < -0.3 is 24.1 Å². The van der Waals surface area contributed by atoms with Crippen molar-refractivity contribution in [2.45, 2.75) is 26.9 Å². The summed E-state index contributed by atoms with van der Waals surface area (Å²) in [6.45, 7) is 4.24. The molecule has 0 aromatic heterocycles. The fourth-order valence-corrected chi connectivity index (χ4v) is 1.84. The van der Waals surface area contributed by atoms with Crippen molar-refractivity contribution >= 4 is 0 Å². The van der Waals surface area contributed by atoms with E-state index in [-0.39, 0.29) is 20.2 Å². The number of methoxy groups -OCH3 is 2. The van der Waals surface area contributed by atoms with Gasteiger partial charge in [-0.3, -0.25) is 0 Å². The summed E-state index contributed by atoms with van der Waals surface area (Å²) < 4.78 is 21.1. The summed E-state index contributed by atoms with van der Waals surface area (Å²) in [5.41, 5.74) is 2.90. The molecule has 0 saturated carbocycles. The number of aliphatic hydroxyl groups excluding tert-OH is 1. The second-order valence-electron chi connectivity index (χ2n) is 4.78. The zero-order chi connectivity index (χ0) is 15.7. The molecule has 5 heteroatoms. The molecule has 0 atom stereocenters. The van der Waals surface area contributed by atoms with Crippen molar-refractivity contribution < 1.29 is 24.1 Å². The van der Waals surface area contributed by atoms with E-state index in [0.29, 0.717) is 17.9 Å². The molecule has 0 amide bonds. The van der Waals surface area contributed by atoms with Gasteiger partial charge in [0.25, 0.3) is 0 Å². The Morgan fingerprint density at radius 2 is 1.76 bits per heavy atom. The van der Waals surface area contributed by atoms with Gasteiger partial charge in [0.15, 0.2) is 25.1 Å². The minimum atomic E-state index is -0.0557. The molecule has 0 heterocycles. The Balaban J connectivity index is 3.19. The highest BCUT2D eigenvalue weighted by Gasteiger charge is 2.15. The van der Waals surface area contributed by atoms with E-state index in [1.54, 1.807) is 20.3 Å². The molecule has 118 valence electrons. The molecule has 0 aliphatic rings. The molecule has 21 heavy (non-hydrogen) atoms. The Morgan fingerprint density at radius 3 is 2.33 bits per heavy atom. The van der Waals surface area contributed by atoms with Gasteiger partial charge in [-0.2, -0.15) is 0 Å². The lowest BCUT2D eigenvalue weighted by Crippen LogP contribution is -2.08. The largest absolute Gasteiger partial charge is 0.464 e. The average molecular weight is 296 g/mol. The van der Waals surface area contributed by atoms with E-state index in [1.165, 1.54) is 5.57 Å². The van der Waals surface area contributed by atoms with Crippen LogP contribution in [0.5, 0.6) is 11.5 Å². The van der Waals surface area contributed by atoms with Gasteiger partial charge in [0, 0.05) is 19.8 Å².